The van der Waals surface area contributed by atoms with Gasteiger partial charge in [0.2, 0.25) is 0 Å². The van der Waals surface area contributed by atoms with Gasteiger partial charge in [-0.05, 0) is 20.8 Å². The highest BCUT2D eigenvalue weighted by atomic mass is 16.2. The number of rotatable bonds is 1. The van der Waals surface area contributed by atoms with Crippen LogP contribution in [0.5, 0.6) is 0 Å². The van der Waals surface area contributed by atoms with E-state index in [1.165, 1.54) is 6.20 Å². The summed E-state index contributed by atoms with van der Waals surface area (Å²) in [5.74, 6) is -0.201. The average Bonchev–Trinajstić information content (AvgIpc) is 2.61. The normalized spacial score (nSPS) is 10.9. The SMILES string of the molecule is CN(C(=O)c1cn[nH]c1C#N)C(C)(C)C. The number of carbonyl (C=O) groups is 1. The summed E-state index contributed by atoms with van der Waals surface area (Å²) in [4.78, 5) is 13.5. The molecular weight excluding hydrogens is 192 g/mol. The molecule has 80 valence electrons. The van der Waals surface area contributed by atoms with Crippen molar-refractivity contribution in [3.63, 3.8) is 0 Å². The highest BCUT2D eigenvalue weighted by Crippen LogP contribution is 2.15. The molecule has 0 spiro atoms. The summed E-state index contributed by atoms with van der Waals surface area (Å²) in [5, 5.41) is 14.9. The summed E-state index contributed by atoms with van der Waals surface area (Å²) in [7, 11) is 1.70. The van der Waals surface area contributed by atoms with E-state index in [-0.39, 0.29) is 17.1 Å². The number of carbonyl (C=O) groups excluding carboxylic acids is 1. The average molecular weight is 206 g/mol. The van der Waals surface area contributed by atoms with Gasteiger partial charge in [0, 0.05) is 12.6 Å². The Labute approximate surface area is 88.7 Å². The lowest BCUT2D eigenvalue weighted by molar-refractivity contribution is 0.0655. The molecule has 0 aromatic carbocycles. The number of H-pyrrole nitrogens is 1. The zero-order valence-electron chi connectivity index (χ0n) is 9.33. The van der Waals surface area contributed by atoms with Gasteiger partial charge in [-0.15, -0.1) is 0 Å². The molecule has 1 amide bonds. The summed E-state index contributed by atoms with van der Waals surface area (Å²) < 4.78 is 0. The number of nitrogens with zero attached hydrogens (tertiary/aromatic N) is 3. The van der Waals surface area contributed by atoms with Gasteiger partial charge in [0.1, 0.15) is 11.8 Å². The molecule has 0 aliphatic carbocycles. The maximum Gasteiger partial charge on any atom is 0.258 e. The summed E-state index contributed by atoms with van der Waals surface area (Å²) in [5.41, 5.74) is 0.243. The Balaban J connectivity index is 3.02. The van der Waals surface area contributed by atoms with Gasteiger partial charge in [-0.3, -0.25) is 9.89 Å². The Bertz CT molecular complexity index is 408. The molecule has 0 radical (unpaired) electrons. The Morgan fingerprint density at radius 2 is 2.20 bits per heavy atom. The summed E-state index contributed by atoms with van der Waals surface area (Å²) >= 11 is 0. The third-order valence-corrected chi connectivity index (χ3v) is 2.29. The van der Waals surface area contributed by atoms with Crippen molar-refractivity contribution in [2.24, 2.45) is 0 Å². The molecule has 0 aliphatic rings. The Morgan fingerprint density at radius 3 is 2.67 bits per heavy atom. The Morgan fingerprint density at radius 1 is 1.60 bits per heavy atom. The largest absolute Gasteiger partial charge is 0.337 e. The summed E-state index contributed by atoms with van der Waals surface area (Å²) in [6.07, 6.45) is 1.38. The fourth-order valence-corrected chi connectivity index (χ4v) is 1.02. The molecule has 1 aromatic heterocycles. The van der Waals surface area contributed by atoms with E-state index in [1.54, 1.807) is 11.9 Å². The fourth-order valence-electron chi connectivity index (χ4n) is 1.02. The maximum absolute atomic E-state index is 11.9. The predicted molar refractivity (Wildman–Crippen MR) is 55.1 cm³/mol. The van der Waals surface area contributed by atoms with Crippen molar-refractivity contribution in [2.45, 2.75) is 26.3 Å². The minimum atomic E-state index is -0.277. The predicted octanol–water partition coefficient (Wildman–Crippen LogP) is 1.15. The monoisotopic (exact) mass is 206 g/mol. The first-order valence-corrected chi connectivity index (χ1v) is 4.59. The number of aromatic nitrogens is 2. The molecule has 0 atom stereocenters. The molecule has 1 heterocycles. The van der Waals surface area contributed by atoms with Crippen LogP contribution in [0.2, 0.25) is 0 Å². The lowest BCUT2D eigenvalue weighted by atomic mass is 10.1. The molecule has 0 unspecified atom stereocenters. The molecule has 0 bridgehead atoms. The van der Waals surface area contributed by atoms with Gasteiger partial charge in [-0.25, -0.2) is 0 Å². The first kappa shape index (κ1) is 11.2. The van der Waals surface area contributed by atoms with Crippen LogP contribution >= 0.6 is 0 Å². The van der Waals surface area contributed by atoms with E-state index in [9.17, 15) is 4.79 Å². The third-order valence-electron chi connectivity index (χ3n) is 2.29. The van der Waals surface area contributed by atoms with Crippen molar-refractivity contribution in [3.8, 4) is 6.07 Å². The number of aromatic amines is 1. The van der Waals surface area contributed by atoms with Crippen LogP contribution in [0.4, 0.5) is 0 Å². The zero-order valence-corrected chi connectivity index (χ0v) is 9.33. The summed E-state index contributed by atoms with van der Waals surface area (Å²) in [6.45, 7) is 5.78. The van der Waals surface area contributed by atoms with Crippen molar-refractivity contribution in [2.75, 3.05) is 7.05 Å². The summed E-state index contributed by atoms with van der Waals surface area (Å²) in [6, 6.07) is 1.90. The van der Waals surface area contributed by atoms with E-state index < -0.39 is 0 Å². The van der Waals surface area contributed by atoms with E-state index in [1.807, 2.05) is 26.8 Å². The van der Waals surface area contributed by atoms with E-state index in [2.05, 4.69) is 10.2 Å². The second-order valence-electron chi connectivity index (χ2n) is 4.31. The van der Waals surface area contributed by atoms with Gasteiger partial charge >= 0.3 is 0 Å². The topological polar surface area (TPSA) is 72.8 Å². The van der Waals surface area contributed by atoms with Crippen LogP contribution < -0.4 is 0 Å². The zero-order chi connectivity index (χ0) is 11.6. The van der Waals surface area contributed by atoms with Crippen LogP contribution in [0.25, 0.3) is 0 Å². The molecule has 0 fully saturated rings. The van der Waals surface area contributed by atoms with Crippen LogP contribution in [0.1, 0.15) is 36.8 Å². The molecule has 1 rings (SSSR count). The van der Waals surface area contributed by atoms with Gasteiger partial charge < -0.3 is 4.90 Å². The highest BCUT2D eigenvalue weighted by molar-refractivity contribution is 5.96. The minimum Gasteiger partial charge on any atom is -0.337 e. The van der Waals surface area contributed by atoms with Gasteiger partial charge in [0.25, 0.3) is 5.91 Å². The Kier molecular flexibility index (Phi) is 2.80. The lowest BCUT2D eigenvalue weighted by Crippen LogP contribution is -2.42. The maximum atomic E-state index is 11.9. The van der Waals surface area contributed by atoms with Crippen LogP contribution in [-0.4, -0.2) is 33.6 Å². The fraction of sp³-hybridized carbons (Fsp3) is 0.500. The smallest absolute Gasteiger partial charge is 0.258 e. The van der Waals surface area contributed by atoms with E-state index in [0.29, 0.717) is 5.56 Å². The van der Waals surface area contributed by atoms with E-state index in [4.69, 9.17) is 5.26 Å². The van der Waals surface area contributed by atoms with Crippen molar-refractivity contribution in [1.29, 1.82) is 5.26 Å². The van der Waals surface area contributed by atoms with Gasteiger partial charge in [0.15, 0.2) is 0 Å². The van der Waals surface area contributed by atoms with E-state index in [0.717, 1.165) is 0 Å². The quantitative estimate of drug-likeness (QED) is 0.749. The van der Waals surface area contributed by atoms with Crippen molar-refractivity contribution in [3.05, 3.63) is 17.5 Å². The van der Waals surface area contributed by atoms with Gasteiger partial charge in [-0.2, -0.15) is 10.4 Å². The molecule has 15 heavy (non-hydrogen) atoms. The molecule has 1 N–H and O–H groups in total. The molecule has 5 heteroatoms. The second kappa shape index (κ2) is 3.73. The van der Waals surface area contributed by atoms with Crippen LogP contribution in [0.3, 0.4) is 0 Å². The number of nitrogens with one attached hydrogen (secondary N) is 1. The van der Waals surface area contributed by atoms with Crippen LogP contribution in [0, 0.1) is 11.3 Å². The number of hydrogen-bond acceptors (Lipinski definition) is 3. The minimum absolute atomic E-state index is 0.201. The van der Waals surface area contributed by atoms with Crippen LogP contribution in [0.15, 0.2) is 6.20 Å². The highest BCUT2D eigenvalue weighted by Gasteiger charge is 2.25. The van der Waals surface area contributed by atoms with Crippen molar-refractivity contribution < 1.29 is 4.79 Å². The van der Waals surface area contributed by atoms with Crippen molar-refractivity contribution >= 4 is 5.91 Å². The number of nitriles is 1. The molecule has 1 aromatic rings. The van der Waals surface area contributed by atoms with Gasteiger partial charge in [-0.1, -0.05) is 0 Å². The molecule has 5 nitrogen and oxygen atoms in total. The first-order valence-electron chi connectivity index (χ1n) is 4.59. The van der Waals surface area contributed by atoms with Gasteiger partial charge in [0.05, 0.1) is 11.8 Å². The molecule has 0 saturated heterocycles. The van der Waals surface area contributed by atoms with E-state index >= 15 is 0 Å². The first-order chi connectivity index (χ1) is 6.88. The third kappa shape index (κ3) is 2.15. The number of amides is 1. The van der Waals surface area contributed by atoms with Crippen molar-refractivity contribution in [1.82, 2.24) is 15.1 Å². The van der Waals surface area contributed by atoms with Crippen LogP contribution in [-0.2, 0) is 0 Å². The standard InChI is InChI=1S/C10H14N4O/c1-10(2,3)14(4)9(15)7-6-12-13-8(7)5-11/h6H,1-4H3,(H,12,13). The molecule has 0 saturated carbocycles. The molecular formula is C10H14N4O. The second-order valence-corrected chi connectivity index (χ2v) is 4.31. The number of hydrogen-bond donors (Lipinski definition) is 1. The Hall–Kier alpha value is -1.83. The molecule has 0 aliphatic heterocycles. The lowest BCUT2D eigenvalue weighted by Gasteiger charge is -2.31.